The SMILES string of the molecule is CCOC(=O)c1c(O)c2cc(-c3ccncc3)cnc2n(OCc2ccccc2)c1=O. The van der Waals surface area contributed by atoms with Gasteiger partial charge < -0.3 is 14.7 Å². The third-order valence-corrected chi connectivity index (χ3v) is 4.65. The molecule has 0 amide bonds. The van der Waals surface area contributed by atoms with Crippen LogP contribution in [0, 0.1) is 0 Å². The minimum Gasteiger partial charge on any atom is -0.506 e. The number of carbonyl (C=O) groups excluding carboxylic acids is 1. The lowest BCUT2D eigenvalue weighted by Crippen LogP contribution is -2.32. The van der Waals surface area contributed by atoms with E-state index in [1.165, 1.54) is 0 Å². The molecule has 4 aromatic rings. The Morgan fingerprint density at radius 2 is 1.84 bits per heavy atom. The van der Waals surface area contributed by atoms with Crippen LogP contribution in [0.3, 0.4) is 0 Å². The Morgan fingerprint density at radius 3 is 2.55 bits per heavy atom. The summed E-state index contributed by atoms with van der Waals surface area (Å²) < 4.78 is 5.90. The van der Waals surface area contributed by atoms with E-state index >= 15 is 0 Å². The Kier molecular flexibility index (Phi) is 5.61. The van der Waals surface area contributed by atoms with Gasteiger partial charge in [-0.25, -0.2) is 9.78 Å². The first-order chi connectivity index (χ1) is 15.1. The highest BCUT2D eigenvalue weighted by Gasteiger charge is 2.25. The average molecular weight is 417 g/mol. The molecule has 156 valence electrons. The first kappa shape index (κ1) is 20.1. The average Bonchev–Trinajstić information content (AvgIpc) is 2.80. The number of carbonyl (C=O) groups is 1. The predicted molar refractivity (Wildman–Crippen MR) is 114 cm³/mol. The van der Waals surface area contributed by atoms with Crippen molar-refractivity contribution in [2.24, 2.45) is 0 Å². The lowest BCUT2D eigenvalue weighted by atomic mass is 10.1. The maximum atomic E-state index is 13.0. The lowest BCUT2D eigenvalue weighted by molar-refractivity contribution is 0.0508. The summed E-state index contributed by atoms with van der Waals surface area (Å²) in [6.07, 6.45) is 4.82. The van der Waals surface area contributed by atoms with E-state index in [-0.39, 0.29) is 24.2 Å². The molecule has 8 nitrogen and oxygen atoms in total. The Bertz CT molecular complexity index is 1290. The molecular formula is C23H19N3O5. The number of rotatable bonds is 6. The highest BCUT2D eigenvalue weighted by molar-refractivity contribution is 5.99. The molecule has 4 rings (SSSR count). The Hall–Kier alpha value is -4.20. The van der Waals surface area contributed by atoms with Crippen LogP contribution in [0.4, 0.5) is 0 Å². The smallest absolute Gasteiger partial charge is 0.347 e. The normalized spacial score (nSPS) is 10.7. The predicted octanol–water partition coefficient (Wildman–Crippen LogP) is 2.97. The largest absolute Gasteiger partial charge is 0.506 e. The number of fused-ring (bicyclic) bond motifs is 1. The minimum atomic E-state index is -0.932. The van der Waals surface area contributed by atoms with Gasteiger partial charge in [0.1, 0.15) is 12.4 Å². The zero-order valence-corrected chi connectivity index (χ0v) is 16.7. The molecule has 0 atom stereocenters. The molecule has 0 spiro atoms. The zero-order chi connectivity index (χ0) is 21.8. The number of aromatic hydroxyl groups is 1. The highest BCUT2D eigenvalue weighted by atomic mass is 16.7. The fraction of sp³-hybridized carbons (Fsp3) is 0.130. The van der Waals surface area contributed by atoms with Crippen LogP contribution in [0.2, 0.25) is 0 Å². The monoisotopic (exact) mass is 417 g/mol. The maximum absolute atomic E-state index is 13.0. The molecule has 31 heavy (non-hydrogen) atoms. The third kappa shape index (κ3) is 3.95. The van der Waals surface area contributed by atoms with Crippen LogP contribution < -0.4 is 10.4 Å². The molecule has 1 aromatic carbocycles. The molecule has 0 radical (unpaired) electrons. The summed E-state index contributed by atoms with van der Waals surface area (Å²) in [6, 6.07) is 14.5. The second-order valence-electron chi connectivity index (χ2n) is 6.63. The Balaban J connectivity index is 1.89. The van der Waals surface area contributed by atoms with Crippen LogP contribution in [0.15, 0.2) is 71.9 Å². The summed E-state index contributed by atoms with van der Waals surface area (Å²) in [5.41, 5.74) is 1.04. The zero-order valence-electron chi connectivity index (χ0n) is 16.7. The number of aromatic nitrogens is 3. The van der Waals surface area contributed by atoms with Gasteiger partial charge in [-0.3, -0.25) is 9.78 Å². The Labute approximate surface area is 177 Å². The molecule has 3 aromatic heterocycles. The van der Waals surface area contributed by atoms with Crippen molar-refractivity contribution in [1.82, 2.24) is 14.7 Å². The molecule has 0 unspecified atom stereocenters. The summed E-state index contributed by atoms with van der Waals surface area (Å²) in [5.74, 6) is -1.43. The second-order valence-corrected chi connectivity index (χ2v) is 6.63. The summed E-state index contributed by atoms with van der Waals surface area (Å²) in [6.45, 7) is 1.73. The first-order valence-corrected chi connectivity index (χ1v) is 9.62. The molecule has 1 N–H and O–H groups in total. The van der Waals surface area contributed by atoms with E-state index in [9.17, 15) is 14.7 Å². The first-order valence-electron chi connectivity index (χ1n) is 9.62. The molecule has 0 aliphatic carbocycles. The van der Waals surface area contributed by atoms with Gasteiger partial charge in [0.15, 0.2) is 11.2 Å². The van der Waals surface area contributed by atoms with E-state index in [2.05, 4.69) is 9.97 Å². The third-order valence-electron chi connectivity index (χ3n) is 4.65. The molecule has 0 saturated carbocycles. The minimum absolute atomic E-state index is 0.0515. The number of benzene rings is 1. The molecule has 0 saturated heterocycles. The number of pyridine rings is 3. The van der Waals surface area contributed by atoms with Crippen molar-refractivity contribution in [3.8, 4) is 16.9 Å². The van der Waals surface area contributed by atoms with Gasteiger partial charge in [-0.1, -0.05) is 30.3 Å². The van der Waals surface area contributed by atoms with Gasteiger partial charge in [0.05, 0.1) is 12.0 Å². The van der Waals surface area contributed by atoms with Gasteiger partial charge in [0, 0.05) is 24.2 Å². The number of ether oxygens (including phenoxy) is 1. The van der Waals surface area contributed by atoms with Crippen molar-refractivity contribution in [3.63, 3.8) is 0 Å². The van der Waals surface area contributed by atoms with E-state index < -0.39 is 22.8 Å². The van der Waals surface area contributed by atoms with Crippen molar-refractivity contribution >= 4 is 17.0 Å². The molecule has 8 heteroatoms. The molecule has 0 aliphatic heterocycles. The second kappa shape index (κ2) is 8.66. The number of hydrogen-bond donors (Lipinski definition) is 1. The summed E-state index contributed by atoms with van der Waals surface area (Å²) >= 11 is 0. The maximum Gasteiger partial charge on any atom is 0.347 e. The van der Waals surface area contributed by atoms with Crippen molar-refractivity contribution < 1.29 is 19.5 Å². The van der Waals surface area contributed by atoms with E-state index in [1.807, 2.05) is 30.3 Å². The number of esters is 1. The lowest BCUT2D eigenvalue weighted by Gasteiger charge is -2.15. The van der Waals surface area contributed by atoms with Crippen molar-refractivity contribution in [3.05, 3.63) is 88.6 Å². The topological polar surface area (TPSA) is 104 Å². The standard InChI is InChI=1S/C23H19N3O5/c1-2-30-23(29)19-20(27)18-12-17(16-8-10-24-11-9-16)13-25-21(18)26(22(19)28)31-14-15-6-4-3-5-7-15/h3-13,27H,2,14H2,1H3. The van der Waals surface area contributed by atoms with Crippen molar-refractivity contribution in [2.75, 3.05) is 6.61 Å². The number of hydrogen-bond acceptors (Lipinski definition) is 7. The summed E-state index contributed by atoms with van der Waals surface area (Å²) in [7, 11) is 0. The molecule has 0 fully saturated rings. The fourth-order valence-corrected chi connectivity index (χ4v) is 3.15. The van der Waals surface area contributed by atoms with Crippen LogP contribution in [-0.4, -0.2) is 32.4 Å². The van der Waals surface area contributed by atoms with Crippen LogP contribution in [0.1, 0.15) is 22.8 Å². The van der Waals surface area contributed by atoms with E-state index in [0.29, 0.717) is 5.56 Å². The van der Waals surface area contributed by atoms with E-state index in [4.69, 9.17) is 9.57 Å². The quantitative estimate of drug-likeness (QED) is 0.481. The van der Waals surface area contributed by atoms with Crippen LogP contribution in [0.25, 0.3) is 22.2 Å². The number of nitrogens with zero attached hydrogens (tertiary/aromatic N) is 3. The van der Waals surface area contributed by atoms with Gasteiger partial charge in [-0.05, 0) is 36.2 Å². The van der Waals surface area contributed by atoms with Gasteiger partial charge in [-0.2, -0.15) is 0 Å². The van der Waals surface area contributed by atoms with Gasteiger partial charge >= 0.3 is 11.5 Å². The summed E-state index contributed by atoms with van der Waals surface area (Å²) in [4.78, 5) is 39.5. The fourth-order valence-electron chi connectivity index (χ4n) is 3.15. The molecular weight excluding hydrogens is 398 g/mol. The van der Waals surface area contributed by atoms with Gasteiger partial charge in [0.25, 0.3) is 0 Å². The molecule has 0 bridgehead atoms. The summed E-state index contributed by atoms with van der Waals surface area (Å²) in [5, 5.41) is 11.0. The van der Waals surface area contributed by atoms with Crippen LogP contribution in [-0.2, 0) is 11.3 Å². The van der Waals surface area contributed by atoms with E-state index in [1.54, 1.807) is 43.7 Å². The Morgan fingerprint density at radius 1 is 1.10 bits per heavy atom. The highest BCUT2D eigenvalue weighted by Crippen LogP contribution is 2.29. The van der Waals surface area contributed by atoms with E-state index in [0.717, 1.165) is 15.9 Å². The molecule has 0 aliphatic rings. The molecule has 3 heterocycles. The van der Waals surface area contributed by atoms with Crippen LogP contribution in [0.5, 0.6) is 5.75 Å². The van der Waals surface area contributed by atoms with Gasteiger partial charge in [0.2, 0.25) is 0 Å². The van der Waals surface area contributed by atoms with Crippen molar-refractivity contribution in [1.29, 1.82) is 0 Å². The van der Waals surface area contributed by atoms with Crippen LogP contribution >= 0.6 is 0 Å². The van der Waals surface area contributed by atoms with Gasteiger partial charge in [-0.15, -0.1) is 4.73 Å². The van der Waals surface area contributed by atoms with Crippen molar-refractivity contribution in [2.45, 2.75) is 13.5 Å².